The molecule has 1 atom stereocenters. The Balaban J connectivity index is 3.44. The molecule has 0 aliphatic rings. The molecule has 9 heavy (non-hydrogen) atoms. The average Bonchev–Trinajstić information content (AvgIpc) is 1.89. The van der Waals surface area contributed by atoms with Gasteiger partial charge < -0.3 is 5.32 Å². The first-order chi connectivity index (χ1) is 4.31. The van der Waals surface area contributed by atoms with Crippen molar-refractivity contribution in [3.63, 3.8) is 0 Å². The van der Waals surface area contributed by atoms with E-state index in [9.17, 15) is 0 Å². The molecule has 0 amide bonds. The quantitative estimate of drug-likeness (QED) is 0.542. The fraction of sp³-hybridized carbons (Fsp3) is 0.333. The van der Waals surface area contributed by atoms with Crippen LogP contribution in [0, 0.1) is 22.7 Å². The van der Waals surface area contributed by atoms with Crippen LogP contribution in [-0.2, 0) is 0 Å². The minimum atomic E-state index is -0.227. The van der Waals surface area contributed by atoms with Gasteiger partial charge in [0.25, 0.3) is 0 Å². The van der Waals surface area contributed by atoms with Gasteiger partial charge in [0.2, 0.25) is 0 Å². The van der Waals surface area contributed by atoms with Crippen LogP contribution >= 0.6 is 0 Å². The fourth-order valence-corrected chi connectivity index (χ4v) is 0.267. The molecule has 1 unspecified atom stereocenters. The molecule has 0 fully saturated rings. The topological polar surface area (TPSA) is 59.6 Å². The zero-order chi connectivity index (χ0) is 7.11. The molecule has 0 aliphatic carbocycles. The molecule has 46 valence electrons. The zero-order valence-electron chi connectivity index (χ0n) is 5.13. The molecular formula is C6H7N3. The molecule has 3 heteroatoms. The lowest BCUT2D eigenvalue weighted by Crippen LogP contribution is -2.17. The highest BCUT2D eigenvalue weighted by Crippen LogP contribution is 1.74. The molecule has 0 spiro atoms. The standard InChI is InChI=1S/C6H7N3/c1-6(5-8)9-4-2-3-7/h2,4,6,9H,1H3/b4-2+. The minimum absolute atomic E-state index is 0.227. The molecule has 0 heterocycles. The summed E-state index contributed by atoms with van der Waals surface area (Å²) >= 11 is 0. The van der Waals surface area contributed by atoms with Crippen molar-refractivity contribution in [2.45, 2.75) is 13.0 Å². The van der Waals surface area contributed by atoms with Crippen molar-refractivity contribution >= 4 is 0 Å². The molecule has 0 saturated carbocycles. The Hall–Kier alpha value is -1.48. The Labute approximate surface area is 54.2 Å². The maximum absolute atomic E-state index is 8.20. The van der Waals surface area contributed by atoms with E-state index >= 15 is 0 Å². The van der Waals surface area contributed by atoms with Gasteiger partial charge in [-0.15, -0.1) is 0 Å². The van der Waals surface area contributed by atoms with Crippen LogP contribution in [-0.4, -0.2) is 6.04 Å². The second kappa shape index (κ2) is 4.67. The van der Waals surface area contributed by atoms with Crippen molar-refractivity contribution in [1.82, 2.24) is 5.32 Å². The molecule has 0 radical (unpaired) electrons. The van der Waals surface area contributed by atoms with Gasteiger partial charge in [-0.2, -0.15) is 10.5 Å². The monoisotopic (exact) mass is 121 g/mol. The van der Waals surface area contributed by atoms with Gasteiger partial charge in [-0.25, -0.2) is 0 Å². The van der Waals surface area contributed by atoms with Crippen LogP contribution in [0.4, 0.5) is 0 Å². The normalized spacial score (nSPS) is 11.9. The van der Waals surface area contributed by atoms with Gasteiger partial charge in [-0.05, 0) is 6.92 Å². The van der Waals surface area contributed by atoms with Crippen molar-refractivity contribution < 1.29 is 0 Å². The summed E-state index contributed by atoms with van der Waals surface area (Å²) in [6.45, 7) is 1.71. The van der Waals surface area contributed by atoms with Crippen molar-refractivity contribution in [2.75, 3.05) is 0 Å². The lowest BCUT2D eigenvalue weighted by molar-refractivity contribution is 0.782. The number of nitriles is 2. The third-order valence-corrected chi connectivity index (χ3v) is 0.698. The predicted octanol–water partition coefficient (Wildman–Crippen LogP) is 0.525. The summed E-state index contributed by atoms with van der Waals surface area (Å²) < 4.78 is 0. The van der Waals surface area contributed by atoms with E-state index in [0.29, 0.717) is 0 Å². The SMILES string of the molecule is CC(C#N)N/C=C/C#N. The number of hydrogen-bond donors (Lipinski definition) is 1. The Morgan fingerprint density at radius 1 is 1.56 bits per heavy atom. The molecule has 0 aromatic heterocycles. The molecular weight excluding hydrogens is 114 g/mol. The summed E-state index contributed by atoms with van der Waals surface area (Å²) in [4.78, 5) is 0. The van der Waals surface area contributed by atoms with Crippen molar-refractivity contribution in [3.05, 3.63) is 12.3 Å². The van der Waals surface area contributed by atoms with E-state index in [1.165, 1.54) is 12.3 Å². The number of nitrogens with one attached hydrogen (secondary N) is 1. The first-order valence-electron chi connectivity index (χ1n) is 2.51. The fourth-order valence-electron chi connectivity index (χ4n) is 0.267. The summed E-state index contributed by atoms with van der Waals surface area (Å²) in [6, 6.07) is 3.52. The van der Waals surface area contributed by atoms with E-state index < -0.39 is 0 Å². The summed E-state index contributed by atoms with van der Waals surface area (Å²) in [5, 5.41) is 18.9. The van der Waals surface area contributed by atoms with Crippen LogP contribution in [0.3, 0.4) is 0 Å². The molecule has 0 aromatic rings. The summed E-state index contributed by atoms with van der Waals surface area (Å²) in [5.41, 5.74) is 0. The highest BCUT2D eigenvalue weighted by atomic mass is 14.9. The summed E-state index contributed by atoms with van der Waals surface area (Å²) in [5.74, 6) is 0. The van der Waals surface area contributed by atoms with Crippen LogP contribution in [0.2, 0.25) is 0 Å². The van der Waals surface area contributed by atoms with Crippen molar-refractivity contribution in [2.24, 2.45) is 0 Å². The van der Waals surface area contributed by atoms with E-state index in [4.69, 9.17) is 10.5 Å². The first-order valence-corrected chi connectivity index (χ1v) is 2.51. The van der Waals surface area contributed by atoms with Gasteiger partial charge in [-0.1, -0.05) is 0 Å². The van der Waals surface area contributed by atoms with E-state index in [0.717, 1.165) is 0 Å². The molecule has 0 aliphatic heterocycles. The zero-order valence-corrected chi connectivity index (χ0v) is 5.13. The molecule has 0 rings (SSSR count). The third-order valence-electron chi connectivity index (χ3n) is 0.698. The van der Waals surface area contributed by atoms with Gasteiger partial charge in [-0.3, -0.25) is 0 Å². The van der Waals surface area contributed by atoms with Gasteiger partial charge in [0.05, 0.1) is 12.1 Å². The Morgan fingerprint density at radius 2 is 2.22 bits per heavy atom. The van der Waals surface area contributed by atoms with E-state index in [1.807, 2.05) is 6.07 Å². The third kappa shape index (κ3) is 4.37. The van der Waals surface area contributed by atoms with Crippen molar-refractivity contribution in [1.29, 1.82) is 10.5 Å². The van der Waals surface area contributed by atoms with E-state index in [1.54, 1.807) is 13.0 Å². The van der Waals surface area contributed by atoms with Gasteiger partial charge in [0.1, 0.15) is 6.04 Å². The lowest BCUT2D eigenvalue weighted by atomic mass is 10.4. The average molecular weight is 121 g/mol. The molecule has 3 nitrogen and oxygen atoms in total. The molecule has 0 saturated heterocycles. The van der Waals surface area contributed by atoms with Gasteiger partial charge in [0.15, 0.2) is 0 Å². The number of nitrogens with zero attached hydrogens (tertiary/aromatic N) is 2. The highest BCUT2D eigenvalue weighted by molar-refractivity contribution is 5.02. The van der Waals surface area contributed by atoms with Crippen LogP contribution in [0.5, 0.6) is 0 Å². The lowest BCUT2D eigenvalue weighted by Gasteiger charge is -1.96. The second-order valence-corrected chi connectivity index (χ2v) is 1.48. The maximum Gasteiger partial charge on any atom is 0.111 e. The molecule has 1 N–H and O–H groups in total. The van der Waals surface area contributed by atoms with Crippen LogP contribution in [0.1, 0.15) is 6.92 Å². The Kier molecular flexibility index (Phi) is 3.90. The summed E-state index contributed by atoms with van der Waals surface area (Å²) in [6.07, 6.45) is 2.74. The van der Waals surface area contributed by atoms with Gasteiger partial charge >= 0.3 is 0 Å². The number of allylic oxidation sites excluding steroid dienone is 1. The number of rotatable bonds is 2. The number of hydrogen-bond acceptors (Lipinski definition) is 3. The highest BCUT2D eigenvalue weighted by Gasteiger charge is 1.88. The Morgan fingerprint density at radius 3 is 2.67 bits per heavy atom. The van der Waals surface area contributed by atoms with Gasteiger partial charge in [0, 0.05) is 12.3 Å². The predicted molar refractivity (Wildman–Crippen MR) is 33.0 cm³/mol. The maximum atomic E-state index is 8.20. The second-order valence-electron chi connectivity index (χ2n) is 1.48. The van der Waals surface area contributed by atoms with E-state index in [-0.39, 0.29) is 6.04 Å². The largest absolute Gasteiger partial charge is 0.375 e. The van der Waals surface area contributed by atoms with Crippen molar-refractivity contribution in [3.8, 4) is 12.1 Å². The molecule has 0 bridgehead atoms. The van der Waals surface area contributed by atoms with Crippen LogP contribution < -0.4 is 5.32 Å². The van der Waals surface area contributed by atoms with Crippen LogP contribution in [0.15, 0.2) is 12.3 Å². The van der Waals surface area contributed by atoms with E-state index in [2.05, 4.69) is 5.32 Å². The summed E-state index contributed by atoms with van der Waals surface area (Å²) in [7, 11) is 0. The first kappa shape index (κ1) is 7.52. The minimum Gasteiger partial charge on any atom is -0.375 e. The van der Waals surface area contributed by atoms with Crippen LogP contribution in [0.25, 0.3) is 0 Å². The smallest absolute Gasteiger partial charge is 0.111 e. The molecule has 0 aromatic carbocycles. The Bertz CT molecular complexity index is 170.